The van der Waals surface area contributed by atoms with Crippen LogP contribution in [0.5, 0.6) is 5.75 Å². The van der Waals surface area contributed by atoms with Gasteiger partial charge in [-0.2, -0.15) is 0 Å². The molecule has 1 N–H and O–H groups in total. The lowest BCUT2D eigenvalue weighted by Gasteiger charge is -2.12. The van der Waals surface area contributed by atoms with Crippen LogP contribution in [0.1, 0.15) is 162 Å². The minimum absolute atomic E-state index is 0.227. The first-order valence-corrected chi connectivity index (χ1v) is 14.3. The average Bonchev–Trinajstić information content (AvgIpc) is 2.81. The molecule has 0 amide bonds. The van der Waals surface area contributed by atoms with E-state index < -0.39 is 0 Å². The molecule has 0 saturated carbocycles. The molecular weight excluding hydrogens is 404 g/mol. The fourth-order valence-corrected chi connectivity index (χ4v) is 4.86. The van der Waals surface area contributed by atoms with Gasteiger partial charge in [-0.1, -0.05) is 122 Å². The van der Waals surface area contributed by atoms with E-state index >= 15 is 0 Å². The minimum Gasteiger partial charge on any atom is -0.507 e. The van der Waals surface area contributed by atoms with Gasteiger partial charge >= 0.3 is 0 Å². The van der Waals surface area contributed by atoms with Crippen molar-refractivity contribution in [2.75, 3.05) is 0 Å². The molecule has 0 unspecified atom stereocenters. The molecule has 0 bridgehead atoms. The van der Waals surface area contributed by atoms with Crippen molar-refractivity contribution in [1.82, 2.24) is 0 Å². The van der Waals surface area contributed by atoms with E-state index in [1.54, 1.807) is 0 Å². The Hall–Kier alpha value is -1.31. The van der Waals surface area contributed by atoms with E-state index in [9.17, 15) is 9.90 Å². The van der Waals surface area contributed by atoms with Crippen LogP contribution in [-0.4, -0.2) is 10.9 Å². The predicted molar refractivity (Wildman–Crippen MR) is 145 cm³/mol. The number of rotatable bonds is 21. The summed E-state index contributed by atoms with van der Waals surface area (Å²) in [4.78, 5) is 12.6. The molecule has 2 heteroatoms. The van der Waals surface area contributed by atoms with Gasteiger partial charge in [-0.05, 0) is 49.9 Å². The predicted octanol–water partition coefficient (Wildman–Crippen LogP) is 10.3. The summed E-state index contributed by atoms with van der Waals surface area (Å²) >= 11 is 0. The number of hydrogen-bond donors (Lipinski definition) is 1. The zero-order valence-electron chi connectivity index (χ0n) is 22.6. The molecule has 0 saturated heterocycles. The van der Waals surface area contributed by atoms with Gasteiger partial charge in [0.15, 0.2) is 5.78 Å². The normalized spacial score (nSPS) is 11.3. The molecular formula is C31H54O2. The van der Waals surface area contributed by atoms with Crippen LogP contribution in [0.25, 0.3) is 0 Å². The maximum atomic E-state index is 12.6. The third kappa shape index (κ3) is 13.2. The van der Waals surface area contributed by atoms with Crippen LogP contribution in [0.15, 0.2) is 6.07 Å². The van der Waals surface area contributed by atoms with Gasteiger partial charge in [-0.3, -0.25) is 4.79 Å². The van der Waals surface area contributed by atoms with Crippen LogP contribution < -0.4 is 0 Å². The zero-order valence-corrected chi connectivity index (χ0v) is 22.6. The number of aryl methyl sites for hydroxylation is 1. The lowest BCUT2D eigenvalue weighted by atomic mass is 9.94. The van der Waals surface area contributed by atoms with Gasteiger partial charge < -0.3 is 5.11 Å². The van der Waals surface area contributed by atoms with Crippen LogP contribution in [0.4, 0.5) is 0 Å². The van der Waals surface area contributed by atoms with Gasteiger partial charge in [-0.25, -0.2) is 0 Å². The van der Waals surface area contributed by atoms with E-state index in [0.29, 0.717) is 12.2 Å². The molecule has 1 aromatic rings. The summed E-state index contributed by atoms with van der Waals surface area (Å²) in [6.07, 6.45) is 26.6. The molecule has 2 nitrogen and oxygen atoms in total. The van der Waals surface area contributed by atoms with Crippen molar-refractivity contribution in [2.45, 2.75) is 156 Å². The molecule has 0 aliphatic carbocycles. The van der Waals surface area contributed by atoms with Crippen molar-refractivity contribution in [3.05, 3.63) is 28.3 Å². The average molecular weight is 459 g/mol. The van der Waals surface area contributed by atoms with E-state index in [1.165, 1.54) is 109 Å². The molecule has 0 spiro atoms. The maximum Gasteiger partial charge on any atom is 0.163 e. The number of hydrogen-bond acceptors (Lipinski definition) is 2. The number of carbonyl (C=O) groups is 1. The van der Waals surface area contributed by atoms with Crippen molar-refractivity contribution >= 4 is 5.78 Å². The topological polar surface area (TPSA) is 37.3 Å². The fourth-order valence-electron chi connectivity index (χ4n) is 4.86. The highest BCUT2D eigenvalue weighted by molar-refractivity contribution is 5.98. The summed E-state index contributed by atoms with van der Waals surface area (Å²) in [5.74, 6) is 0.554. The monoisotopic (exact) mass is 458 g/mol. The van der Waals surface area contributed by atoms with E-state index in [1.807, 2.05) is 26.8 Å². The van der Waals surface area contributed by atoms with Gasteiger partial charge in [0.25, 0.3) is 0 Å². The van der Waals surface area contributed by atoms with Crippen molar-refractivity contribution in [3.8, 4) is 5.75 Å². The molecule has 190 valence electrons. The van der Waals surface area contributed by atoms with Gasteiger partial charge in [0.2, 0.25) is 0 Å². The fraction of sp³-hybridized carbons (Fsp3) is 0.774. The Morgan fingerprint density at radius 1 is 0.606 bits per heavy atom. The summed E-state index contributed by atoms with van der Waals surface area (Å²) in [6, 6.07) is 1.86. The Kier molecular flexibility index (Phi) is 17.2. The summed E-state index contributed by atoms with van der Waals surface area (Å²) in [5.41, 5.74) is 3.37. The number of unbranched alkanes of at least 4 members (excludes halogenated alkanes) is 18. The first-order valence-electron chi connectivity index (χ1n) is 14.3. The van der Waals surface area contributed by atoms with Crippen LogP contribution in [0.3, 0.4) is 0 Å². The quantitative estimate of drug-likeness (QED) is 0.147. The first-order chi connectivity index (χ1) is 16.0. The Morgan fingerprint density at radius 2 is 0.970 bits per heavy atom. The Labute approximate surface area is 206 Å². The molecule has 0 aliphatic heterocycles. The SMILES string of the molecule is CCCCCCCCCCCCCCCCCCCCCC(=O)c1cc(C)c(O)c(C)c1C. The summed E-state index contributed by atoms with van der Waals surface area (Å²) < 4.78 is 0. The highest BCUT2D eigenvalue weighted by Crippen LogP contribution is 2.28. The smallest absolute Gasteiger partial charge is 0.163 e. The van der Waals surface area contributed by atoms with Gasteiger partial charge in [0, 0.05) is 12.0 Å². The molecule has 0 aromatic heterocycles. The van der Waals surface area contributed by atoms with Gasteiger partial charge in [0.05, 0.1) is 0 Å². The highest BCUT2D eigenvalue weighted by atomic mass is 16.3. The van der Waals surface area contributed by atoms with Crippen molar-refractivity contribution in [2.24, 2.45) is 0 Å². The third-order valence-corrected chi connectivity index (χ3v) is 7.36. The van der Waals surface area contributed by atoms with Crippen LogP contribution in [0.2, 0.25) is 0 Å². The molecule has 0 atom stereocenters. The summed E-state index contributed by atoms with van der Waals surface area (Å²) in [7, 11) is 0. The second-order valence-corrected chi connectivity index (χ2v) is 10.4. The first kappa shape index (κ1) is 29.7. The van der Waals surface area contributed by atoms with Gasteiger partial charge in [0.1, 0.15) is 5.75 Å². The molecule has 0 fully saturated rings. The third-order valence-electron chi connectivity index (χ3n) is 7.36. The van der Waals surface area contributed by atoms with Crippen molar-refractivity contribution < 1.29 is 9.90 Å². The summed E-state index contributed by atoms with van der Waals surface area (Å²) in [6.45, 7) is 8.00. The summed E-state index contributed by atoms with van der Waals surface area (Å²) in [5, 5.41) is 10.0. The molecule has 0 aliphatic rings. The Balaban J connectivity index is 1.90. The van der Waals surface area contributed by atoms with E-state index in [-0.39, 0.29) is 5.78 Å². The number of Topliss-reactive ketones (excluding diaryl/α,β-unsaturated/α-hetero) is 1. The number of phenols is 1. The van der Waals surface area contributed by atoms with Gasteiger partial charge in [-0.15, -0.1) is 0 Å². The number of phenolic OH excluding ortho intramolecular Hbond substituents is 1. The lowest BCUT2D eigenvalue weighted by molar-refractivity contribution is 0.0978. The number of ketones is 1. The minimum atomic E-state index is 0.227. The molecule has 0 heterocycles. The lowest BCUT2D eigenvalue weighted by Crippen LogP contribution is -2.04. The standard InChI is InChI=1S/C31H54O2/c1-5-6-7-8-9-10-11-12-13-14-15-16-17-18-19-20-21-22-23-24-30(32)29-25-26(2)31(33)28(4)27(29)3/h25,33H,5-24H2,1-4H3. The number of carbonyl (C=O) groups excluding carboxylic acids is 1. The second-order valence-electron chi connectivity index (χ2n) is 10.4. The van der Waals surface area contributed by atoms with Crippen LogP contribution in [-0.2, 0) is 0 Å². The van der Waals surface area contributed by atoms with E-state index in [4.69, 9.17) is 0 Å². The van der Waals surface area contributed by atoms with Crippen molar-refractivity contribution in [1.29, 1.82) is 0 Å². The Morgan fingerprint density at radius 3 is 1.36 bits per heavy atom. The van der Waals surface area contributed by atoms with Crippen molar-refractivity contribution in [3.63, 3.8) is 0 Å². The maximum absolute atomic E-state index is 12.6. The molecule has 33 heavy (non-hydrogen) atoms. The zero-order chi connectivity index (χ0) is 24.3. The van der Waals surface area contributed by atoms with E-state index in [2.05, 4.69) is 6.92 Å². The molecule has 1 rings (SSSR count). The Bertz CT molecular complexity index is 647. The van der Waals surface area contributed by atoms with E-state index in [0.717, 1.165) is 35.1 Å². The van der Waals surface area contributed by atoms with Crippen LogP contribution >= 0.6 is 0 Å². The number of benzene rings is 1. The molecule has 0 radical (unpaired) electrons. The number of aromatic hydroxyl groups is 1. The largest absolute Gasteiger partial charge is 0.507 e. The molecule has 1 aromatic carbocycles. The van der Waals surface area contributed by atoms with Crippen LogP contribution in [0, 0.1) is 20.8 Å². The highest BCUT2D eigenvalue weighted by Gasteiger charge is 2.14. The second kappa shape index (κ2) is 19.0.